The van der Waals surface area contributed by atoms with Gasteiger partial charge in [0.15, 0.2) is 16.9 Å². The summed E-state index contributed by atoms with van der Waals surface area (Å²) in [5.74, 6) is 0.455. The first-order chi connectivity index (χ1) is 8.79. The summed E-state index contributed by atoms with van der Waals surface area (Å²) in [5.41, 5.74) is 1.35. The van der Waals surface area contributed by atoms with Crippen molar-refractivity contribution >= 4 is 5.65 Å². The van der Waals surface area contributed by atoms with Crippen LogP contribution in [0.3, 0.4) is 0 Å². The maximum atomic E-state index is 11.7. The van der Waals surface area contributed by atoms with Crippen LogP contribution in [0.2, 0.25) is 0 Å². The lowest BCUT2D eigenvalue weighted by Gasteiger charge is -1.98. The number of rotatable bonds is 1. The molecule has 0 aliphatic rings. The molecule has 0 bridgehead atoms. The lowest BCUT2D eigenvalue weighted by Crippen LogP contribution is -2.05. The van der Waals surface area contributed by atoms with Gasteiger partial charge in [-0.1, -0.05) is 0 Å². The zero-order valence-corrected chi connectivity index (χ0v) is 9.16. The van der Waals surface area contributed by atoms with Gasteiger partial charge in [-0.2, -0.15) is 5.26 Å². The summed E-state index contributed by atoms with van der Waals surface area (Å²) in [6.45, 7) is 0. The standard InChI is InChI=1S/C12H7N5O/c13-6-8-2-4-17-11(5-8)15-16-12(17)9-7-14-3-1-10(9)18/h1-5,7H,(H,14,18). The minimum Gasteiger partial charge on any atom is -0.367 e. The summed E-state index contributed by atoms with van der Waals surface area (Å²) in [5, 5.41) is 16.7. The molecule has 3 aromatic heterocycles. The zero-order valence-electron chi connectivity index (χ0n) is 9.16. The SMILES string of the molecule is N#Cc1ccn2c(-c3c[nH]ccc3=O)nnc2c1. The Bertz CT molecular complexity index is 824. The van der Waals surface area contributed by atoms with Crippen molar-refractivity contribution in [2.24, 2.45) is 0 Å². The average Bonchev–Trinajstić information content (AvgIpc) is 2.82. The zero-order chi connectivity index (χ0) is 12.5. The number of aromatic amines is 1. The normalized spacial score (nSPS) is 10.4. The Balaban J connectivity index is 2.29. The Morgan fingerprint density at radius 2 is 2.22 bits per heavy atom. The van der Waals surface area contributed by atoms with Crippen molar-refractivity contribution in [2.75, 3.05) is 0 Å². The number of pyridine rings is 2. The molecule has 0 amide bonds. The third kappa shape index (κ3) is 1.46. The van der Waals surface area contributed by atoms with Gasteiger partial charge in [-0.05, 0) is 6.07 Å². The highest BCUT2D eigenvalue weighted by Crippen LogP contribution is 2.14. The molecule has 18 heavy (non-hydrogen) atoms. The van der Waals surface area contributed by atoms with Gasteiger partial charge in [0.05, 0.1) is 17.2 Å². The molecule has 0 saturated heterocycles. The van der Waals surface area contributed by atoms with E-state index in [0.717, 1.165) is 0 Å². The molecule has 0 atom stereocenters. The van der Waals surface area contributed by atoms with Gasteiger partial charge >= 0.3 is 0 Å². The minimum absolute atomic E-state index is 0.132. The average molecular weight is 237 g/mol. The number of H-pyrrole nitrogens is 1. The van der Waals surface area contributed by atoms with Gasteiger partial charge in [-0.15, -0.1) is 10.2 Å². The number of hydrogen-bond acceptors (Lipinski definition) is 4. The Labute approximate surface area is 101 Å². The first-order valence-electron chi connectivity index (χ1n) is 5.22. The van der Waals surface area contributed by atoms with Gasteiger partial charge in [0.1, 0.15) is 0 Å². The number of nitriles is 1. The van der Waals surface area contributed by atoms with Crippen molar-refractivity contribution in [1.82, 2.24) is 19.6 Å². The highest BCUT2D eigenvalue weighted by molar-refractivity contribution is 5.59. The quantitative estimate of drug-likeness (QED) is 0.682. The fourth-order valence-corrected chi connectivity index (χ4v) is 1.73. The molecule has 3 heterocycles. The summed E-state index contributed by atoms with van der Waals surface area (Å²) >= 11 is 0. The first-order valence-corrected chi connectivity index (χ1v) is 5.22. The van der Waals surface area contributed by atoms with Gasteiger partial charge in [0.25, 0.3) is 0 Å². The van der Waals surface area contributed by atoms with Crippen LogP contribution in [-0.4, -0.2) is 19.6 Å². The molecule has 3 aromatic rings. The minimum atomic E-state index is -0.132. The molecule has 6 nitrogen and oxygen atoms in total. The predicted octanol–water partition coefficient (Wildman–Crippen LogP) is 0.956. The van der Waals surface area contributed by atoms with Crippen molar-refractivity contribution in [3.8, 4) is 17.5 Å². The molecule has 0 aliphatic carbocycles. The van der Waals surface area contributed by atoms with Crippen LogP contribution in [0, 0.1) is 11.3 Å². The molecule has 86 valence electrons. The molecular formula is C12H7N5O. The van der Waals surface area contributed by atoms with Gasteiger partial charge in [0, 0.05) is 30.7 Å². The van der Waals surface area contributed by atoms with Gasteiger partial charge < -0.3 is 4.98 Å². The molecule has 6 heteroatoms. The molecule has 0 fully saturated rings. The fraction of sp³-hybridized carbons (Fsp3) is 0. The van der Waals surface area contributed by atoms with Crippen molar-refractivity contribution in [3.05, 3.63) is 52.6 Å². The van der Waals surface area contributed by atoms with E-state index in [4.69, 9.17) is 5.26 Å². The monoisotopic (exact) mass is 237 g/mol. The van der Waals surface area contributed by atoms with E-state index in [2.05, 4.69) is 15.2 Å². The number of hydrogen-bond donors (Lipinski definition) is 1. The van der Waals surface area contributed by atoms with Crippen LogP contribution in [0.15, 0.2) is 41.6 Å². The molecule has 1 N–H and O–H groups in total. The number of aromatic nitrogens is 4. The second-order valence-corrected chi connectivity index (χ2v) is 3.70. The summed E-state index contributed by atoms with van der Waals surface area (Å²) in [4.78, 5) is 14.6. The van der Waals surface area contributed by atoms with Crippen LogP contribution in [0.4, 0.5) is 0 Å². The summed E-state index contributed by atoms with van der Waals surface area (Å²) in [6, 6.07) is 6.73. The van der Waals surface area contributed by atoms with E-state index in [1.54, 1.807) is 35.1 Å². The van der Waals surface area contributed by atoms with Gasteiger partial charge in [-0.25, -0.2) is 0 Å². The Morgan fingerprint density at radius 1 is 1.33 bits per heavy atom. The highest BCUT2D eigenvalue weighted by atomic mass is 16.1. The molecule has 0 aromatic carbocycles. The highest BCUT2D eigenvalue weighted by Gasteiger charge is 2.10. The van der Waals surface area contributed by atoms with Gasteiger partial charge in [-0.3, -0.25) is 9.20 Å². The fourth-order valence-electron chi connectivity index (χ4n) is 1.73. The van der Waals surface area contributed by atoms with E-state index in [9.17, 15) is 4.79 Å². The van der Waals surface area contributed by atoms with E-state index >= 15 is 0 Å². The van der Waals surface area contributed by atoms with Crippen molar-refractivity contribution in [3.63, 3.8) is 0 Å². The van der Waals surface area contributed by atoms with E-state index < -0.39 is 0 Å². The maximum Gasteiger partial charge on any atom is 0.192 e. The maximum absolute atomic E-state index is 11.7. The molecular weight excluding hydrogens is 230 g/mol. The predicted molar refractivity (Wildman–Crippen MR) is 63.8 cm³/mol. The lowest BCUT2D eigenvalue weighted by molar-refractivity contribution is 1.10. The molecule has 3 rings (SSSR count). The second kappa shape index (κ2) is 3.82. The van der Waals surface area contributed by atoms with E-state index in [0.29, 0.717) is 22.6 Å². The Kier molecular flexibility index (Phi) is 2.17. The van der Waals surface area contributed by atoms with Crippen LogP contribution in [-0.2, 0) is 0 Å². The molecule has 0 spiro atoms. The Morgan fingerprint density at radius 3 is 3.00 bits per heavy atom. The smallest absolute Gasteiger partial charge is 0.192 e. The Hall–Kier alpha value is -2.94. The lowest BCUT2D eigenvalue weighted by atomic mass is 10.2. The number of fused-ring (bicyclic) bond motifs is 1. The summed E-state index contributed by atoms with van der Waals surface area (Å²) < 4.78 is 1.67. The van der Waals surface area contributed by atoms with Crippen LogP contribution < -0.4 is 5.43 Å². The molecule has 0 saturated carbocycles. The van der Waals surface area contributed by atoms with E-state index in [1.807, 2.05) is 6.07 Å². The molecule has 0 unspecified atom stereocenters. The van der Waals surface area contributed by atoms with Crippen LogP contribution >= 0.6 is 0 Å². The third-order valence-corrected chi connectivity index (χ3v) is 2.60. The molecule has 0 radical (unpaired) electrons. The number of nitrogens with zero attached hydrogens (tertiary/aromatic N) is 4. The van der Waals surface area contributed by atoms with Crippen LogP contribution in [0.5, 0.6) is 0 Å². The van der Waals surface area contributed by atoms with E-state index in [-0.39, 0.29) is 5.43 Å². The molecule has 0 aliphatic heterocycles. The van der Waals surface area contributed by atoms with E-state index in [1.165, 1.54) is 6.07 Å². The first kappa shape index (κ1) is 10.2. The van der Waals surface area contributed by atoms with Crippen molar-refractivity contribution < 1.29 is 0 Å². The van der Waals surface area contributed by atoms with Crippen molar-refractivity contribution in [1.29, 1.82) is 5.26 Å². The van der Waals surface area contributed by atoms with Crippen molar-refractivity contribution in [2.45, 2.75) is 0 Å². The largest absolute Gasteiger partial charge is 0.367 e. The summed E-state index contributed by atoms with van der Waals surface area (Å²) in [6.07, 6.45) is 4.81. The van der Waals surface area contributed by atoms with Crippen LogP contribution in [0.25, 0.3) is 17.0 Å². The van der Waals surface area contributed by atoms with Gasteiger partial charge in [0.2, 0.25) is 0 Å². The number of nitrogens with one attached hydrogen (secondary N) is 1. The topological polar surface area (TPSA) is 86.8 Å². The third-order valence-electron chi connectivity index (χ3n) is 2.60. The summed E-state index contributed by atoms with van der Waals surface area (Å²) in [7, 11) is 0. The van der Waals surface area contributed by atoms with Crippen LogP contribution in [0.1, 0.15) is 5.56 Å². The second-order valence-electron chi connectivity index (χ2n) is 3.70.